The molecular weight excluding hydrogens is 378 g/mol. The smallest absolute Gasteiger partial charge is 0.247 e. The molecule has 4 rings (SSSR count). The molecule has 1 aromatic heterocycles. The first-order valence-corrected chi connectivity index (χ1v) is 10.4. The van der Waals surface area contributed by atoms with Gasteiger partial charge in [-0.15, -0.1) is 10.2 Å². The molecule has 0 aliphatic carbocycles. The Morgan fingerprint density at radius 2 is 1.87 bits per heavy atom. The molecule has 1 saturated heterocycles. The van der Waals surface area contributed by atoms with E-state index in [1.807, 2.05) is 55.5 Å². The number of aryl methyl sites for hydroxylation is 1. The summed E-state index contributed by atoms with van der Waals surface area (Å²) < 4.78 is 11.1. The zero-order valence-corrected chi connectivity index (χ0v) is 17.7. The quantitative estimate of drug-likeness (QED) is 0.553. The number of nitrogens with zero attached hydrogens (tertiary/aromatic N) is 3. The standard InChI is InChI=1S/C24H27N3O3/c1-16-5-4-6-20(15-16)24-26-25-23(30-24)17(2)27-13-11-19(12-14-27)22(28)18-7-9-21(29-3)10-8-18/h4-10,15,17,19H,11-14H2,1-3H3. The number of hydrogen-bond acceptors (Lipinski definition) is 6. The molecule has 2 heterocycles. The number of methoxy groups -OCH3 is 1. The van der Waals surface area contributed by atoms with Crippen LogP contribution in [0.3, 0.4) is 0 Å². The van der Waals surface area contributed by atoms with Gasteiger partial charge in [0.25, 0.3) is 0 Å². The van der Waals surface area contributed by atoms with Crippen molar-refractivity contribution in [2.24, 2.45) is 5.92 Å². The summed E-state index contributed by atoms with van der Waals surface area (Å²) in [6, 6.07) is 15.4. The molecule has 1 atom stereocenters. The molecule has 6 heteroatoms. The highest BCUT2D eigenvalue weighted by atomic mass is 16.5. The van der Waals surface area contributed by atoms with E-state index in [-0.39, 0.29) is 17.7 Å². The molecular formula is C24H27N3O3. The Balaban J connectivity index is 1.37. The minimum absolute atomic E-state index is 0.0214. The van der Waals surface area contributed by atoms with Crippen LogP contribution in [0.5, 0.6) is 5.75 Å². The van der Waals surface area contributed by atoms with Crippen molar-refractivity contribution < 1.29 is 13.9 Å². The zero-order valence-electron chi connectivity index (χ0n) is 17.7. The van der Waals surface area contributed by atoms with Gasteiger partial charge < -0.3 is 9.15 Å². The van der Waals surface area contributed by atoms with E-state index < -0.39 is 0 Å². The van der Waals surface area contributed by atoms with Gasteiger partial charge >= 0.3 is 0 Å². The summed E-state index contributed by atoms with van der Waals surface area (Å²) in [6.07, 6.45) is 1.65. The predicted octanol–water partition coefficient (Wildman–Crippen LogP) is 4.71. The Hall–Kier alpha value is -2.99. The number of hydrogen-bond donors (Lipinski definition) is 0. The van der Waals surface area contributed by atoms with Crippen LogP contribution in [0.2, 0.25) is 0 Å². The maximum Gasteiger partial charge on any atom is 0.247 e. The second kappa shape index (κ2) is 8.79. The predicted molar refractivity (Wildman–Crippen MR) is 115 cm³/mol. The summed E-state index contributed by atoms with van der Waals surface area (Å²) >= 11 is 0. The van der Waals surface area contributed by atoms with Gasteiger partial charge in [-0.1, -0.05) is 17.7 Å². The molecule has 3 aromatic rings. The summed E-state index contributed by atoms with van der Waals surface area (Å²) in [6.45, 7) is 5.78. The van der Waals surface area contributed by atoms with Gasteiger partial charge in [-0.25, -0.2) is 0 Å². The third-order valence-corrected chi connectivity index (χ3v) is 5.89. The van der Waals surface area contributed by atoms with Gasteiger partial charge in [0, 0.05) is 17.0 Å². The van der Waals surface area contributed by atoms with Gasteiger partial charge in [0.1, 0.15) is 5.75 Å². The lowest BCUT2D eigenvalue weighted by molar-refractivity contribution is 0.0782. The number of likely N-dealkylation sites (tertiary alicyclic amines) is 1. The Kier molecular flexibility index (Phi) is 5.95. The van der Waals surface area contributed by atoms with E-state index in [0.29, 0.717) is 11.8 Å². The summed E-state index contributed by atoms with van der Waals surface area (Å²) in [5.41, 5.74) is 2.84. The summed E-state index contributed by atoms with van der Waals surface area (Å²) in [4.78, 5) is 15.1. The summed E-state index contributed by atoms with van der Waals surface area (Å²) in [7, 11) is 1.63. The number of rotatable bonds is 6. The molecule has 0 saturated carbocycles. The van der Waals surface area contributed by atoms with Crippen LogP contribution in [0.15, 0.2) is 52.9 Å². The van der Waals surface area contributed by atoms with Crippen LogP contribution in [-0.2, 0) is 0 Å². The SMILES string of the molecule is COc1ccc(C(=O)C2CCN(C(C)c3nnc(-c4cccc(C)c4)o3)CC2)cc1. The van der Waals surface area contributed by atoms with Crippen molar-refractivity contribution >= 4 is 5.78 Å². The normalized spacial score (nSPS) is 16.4. The third-order valence-electron chi connectivity index (χ3n) is 5.89. The molecule has 30 heavy (non-hydrogen) atoms. The fourth-order valence-electron chi connectivity index (χ4n) is 3.99. The van der Waals surface area contributed by atoms with E-state index in [2.05, 4.69) is 22.0 Å². The second-order valence-corrected chi connectivity index (χ2v) is 7.89. The first kappa shape index (κ1) is 20.3. The van der Waals surface area contributed by atoms with Crippen molar-refractivity contribution in [1.29, 1.82) is 0 Å². The summed E-state index contributed by atoms with van der Waals surface area (Å²) in [5, 5.41) is 8.51. The molecule has 0 N–H and O–H groups in total. The molecule has 1 aliphatic heterocycles. The number of ketones is 1. The first-order valence-electron chi connectivity index (χ1n) is 10.4. The molecule has 2 aromatic carbocycles. The number of Topliss-reactive ketones (excluding diaryl/α,β-unsaturated/α-hetero) is 1. The molecule has 156 valence electrons. The van der Waals surface area contributed by atoms with Crippen molar-refractivity contribution in [3.63, 3.8) is 0 Å². The molecule has 0 bridgehead atoms. The van der Waals surface area contributed by atoms with Crippen LogP contribution < -0.4 is 4.74 Å². The Morgan fingerprint density at radius 1 is 1.13 bits per heavy atom. The maximum atomic E-state index is 12.8. The lowest BCUT2D eigenvalue weighted by Crippen LogP contribution is -2.38. The van der Waals surface area contributed by atoms with Gasteiger partial charge in [0.2, 0.25) is 11.8 Å². The highest BCUT2D eigenvalue weighted by Crippen LogP contribution is 2.29. The topological polar surface area (TPSA) is 68.5 Å². The number of carbonyl (C=O) groups excluding carboxylic acids is 1. The average molecular weight is 405 g/mol. The van der Waals surface area contributed by atoms with Crippen LogP contribution in [0.4, 0.5) is 0 Å². The number of carbonyl (C=O) groups is 1. The highest BCUT2D eigenvalue weighted by Gasteiger charge is 2.30. The fraction of sp³-hybridized carbons (Fsp3) is 0.375. The van der Waals surface area contributed by atoms with E-state index >= 15 is 0 Å². The van der Waals surface area contributed by atoms with Crippen LogP contribution >= 0.6 is 0 Å². The van der Waals surface area contributed by atoms with Crippen LogP contribution in [0.1, 0.15) is 47.6 Å². The van der Waals surface area contributed by atoms with Crippen LogP contribution in [-0.4, -0.2) is 41.1 Å². The maximum absolute atomic E-state index is 12.8. The van der Waals surface area contributed by atoms with Gasteiger partial charge in [-0.2, -0.15) is 0 Å². The Labute approximate surface area is 176 Å². The van der Waals surface area contributed by atoms with Crippen molar-refractivity contribution in [1.82, 2.24) is 15.1 Å². The minimum Gasteiger partial charge on any atom is -0.497 e. The van der Waals surface area contributed by atoms with Crippen LogP contribution in [0, 0.1) is 12.8 Å². The zero-order chi connectivity index (χ0) is 21.1. The first-order chi connectivity index (χ1) is 14.5. The average Bonchev–Trinajstić information content (AvgIpc) is 3.29. The largest absolute Gasteiger partial charge is 0.497 e. The number of aromatic nitrogens is 2. The van der Waals surface area contributed by atoms with E-state index in [0.717, 1.165) is 48.4 Å². The van der Waals surface area contributed by atoms with Crippen molar-refractivity contribution in [3.05, 3.63) is 65.5 Å². The number of piperidine rings is 1. The molecule has 0 amide bonds. The molecule has 6 nitrogen and oxygen atoms in total. The van der Waals surface area contributed by atoms with Crippen molar-refractivity contribution in [2.45, 2.75) is 32.7 Å². The highest BCUT2D eigenvalue weighted by molar-refractivity contribution is 5.98. The van der Waals surface area contributed by atoms with Gasteiger partial charge in [0.15, 0.2) is 5.78 Å². The van der Waals surface area contributed by atoms with Gasteiger partial charge in [-0.3, -0.25) is 9.69 Å². The van der Waals surface area contributed by atoms with Crippen LogP contribution in [0.25, 0.3) is 11.5 Å². The number of benzene rings is 2. The van der Waals surface area contributed by atoms with E-state index in [4.69, 9.17) is 9.15 Å². The molecule has 1 aliphatic rings. The fourth-order valence-corrected chi connectivity index (χ4v) is 3.99. The van der Waals surface area contributed by atoms with E-state index in [1.165, 1.54) is 0 Å². The van der Waals surface area contributed by atoms with Crippen molar-refractivity contribution in [3.8, 4) is 17.2 Å². The van der Waals surface area contributed by atoms with E-state index in [9.17, 15) is 4.79 Å². The molecule has 1 unspecified atom stereocenters. The monoisotopic (exact) mass is 405 g/mol. The minimum atomic E-state index is 0.0214. The summed E-state index contributed by atoms with van der Waals surface area (Å²) in [5.74, 6) is 2.19. The lowest BCUT2D eigenvalue weighted by Gasteiger charge is -2.34. The van der Waals surface area contributed by atoms with E-state index in [1.54, 1.807) is 7.11 Å². The van der Waals surface area contributed by atoms with Gasteiger partial charge in [0.05, 0.1) is 13.2 Å². The molecule has 0 spiro atoms. The Morgan fingerprint density at radius 3 is 2.53 bits per heavy atom. The lowest BCUT2D eigenvalue weighted by atomic mass is 9.88. The van der Waals surface area contributed by atoms with Gasteiger partial charge in [-0.05, 0) is 76.2 Å². The third kappa shape index (κ3) is 4.28. The Bertz CT molecular complexity index is 1000. The molecule has 1 fully saturated rings. The van der Waals surface area contributed by atoms with Crippen molar-refractivity contribution in [2.75, 3.05) is 20.2 Å². The molecule has 0 radical (unpaired) electrons. The second-order valence-electron chi connectivity index (χ2n) is 7.89. The number of ether oxygens (including phenoxy) is 1.